The second-order valence-corrected chi connectivity index (χ2v) is 5.33. The number of carbonyl (C=O) groups is 1. The molecule has 0 bridgehead atoms. The van der Waals surface area contributed by atoms with Crippen LogP contribution < -0.4 is 5.32 Å². The van der Waals surface area contributed by atoms with E-state index in [-0.39, 0.29) is 18.0 Å². The van der Waals surface area contributed by atoms with Crippen molar-refractivity contribution in [1.29, 1.82) is 5.26 Å². The van der Waals surface area contributed by atoms with Crippen molar-refractivity contribution in [2.75, 3.05) is 13.2 Å². The molecule has 7 nitrogen and oxygen atoms in total. The quantitative estimate of drug-likeness (QED) is 0.733. The van der Waals surface area contributed by atoms with Crippen LogP contribution in [-0.4, -0.2) is 39.0 Å². The lowest BCUT2D eigenvalue weighted by atomic mass is 10.1. The SMILES string of the molecule is N#Cc1ccc(-c2cnn(-c3ccc(C(=O)NCCF)cn3)c2O)cc1. The Balaban J connectivity index is 1.85. The largest absolute Gasteiger partial charge is 0.493 e. The van der Waals surface area contributed by atoms with E-state index in [1.165, 1.54) is 29.2 Å². The van der Waals surface area contributed by atoms with Crippen LogP contribution in [0.25, 0.3) is 16.9 Å². The highest BCUT2D eigenvalue weighted by atomic mass is 19.1. The zero-order valence-corrected chi connectivity index (χ0v) is 13.6. The summed E-state index contributed by atoms with van der Waals surface area (Å²) in [4.78, 5) is 15.9. The van der Waals surface area contributed by atoms with Crippen LogP contribution in [0.5, 0.6) is 5.88 Å². The standard InChI is InChI=1S/C18H14FN5O2/c19-7-8-21-17(25)14-5-6-16(22-10-14)24-18(26)15(11-23-24)13-3-1-12(9-20)2-4-13/h1-6,10-11,26H,7-8H2,(H,21,25). The number of amides is 1. The van der Waals surface area contributed by atoms with Crippen molar-refractivity contribution >= 4 is 5.91 Å². The van der Waals surface area contributed by atoms with Gasteiger partial charge in [0, 0.05) is 12.7 Å². The number of nitrogens with zero attached hydrogens (tertiary/aromatic N) is 4. The average Bonchev–Trinajstić information content (AvgIpc) is 3.07. The number of pyridine rings is 1. The fraction of sp³-hybridized carbons (Fsp3) is 0.111. The Morgan fingerprint density at radius 3 is 2.62 bits per heavy atom. The summed E-state index contributed by atoms with van der Waals surface area (Å²) in [6, 6.07) is 11.8. The fourth-order valence-corrected chi connectivity index (χ4v) is 2.35. The first-order valence-electron chi connectivity index (χ1n) is 7.72. The van der Waals surface area contributed by atoms with Gasteiger partial charge in [-0.2, -0.15) is 15.0 Å². The number of alkyl halides is 1. The van der Waals surface area contributed by atoms with Crippen molar-refractivity contribution in [2.24, 2.45) is 0 Å². The molecule has 2 heterocycles. The third kappa shape index (κ3) is 3.37. The first-order chi connectivity index (χ1) is 12.6. The predicted octanol–water partition coefficient (Wildman–Crippen LogP) is 2.21. The van der Waals surface area contributed by atoms with Crippen LogP contribution >= 0.6 is 0 Å². The van der Waals surface area contributed by atoms with E-state index in [1.807, 2.05) is 6.07 Å². The molecule has 0 saturated carbocycles. The first kappa shape index (κ1) is 17.1. The number of nitrogens with one attached hydrogen (secondary N) is 1. The molecule has 3 aromatic rings. The van der Waals surface area contributed by atoms with Crippen LogP contribution in [0.15, 0.2) is 48.8 Å². The second-order valence-electron chi connectivity index (χ2n) is 5.33. The minimum atomic E-state index is -0.642. The Kier molecular flexibility index (Phi) is 4.90. The number of aromatic hydroxyl groups is 1. The van der Waals surface area contributed by atoms with Crippen molar-refractivity contribution in [3.05, 3.63) is 59.9 Å². The minimum absolute atomic E-state index is 0.0610. The number of aromatic nitrogens is 3. The van der Waals surface area contributed by atoms with Crippen LogP contribution in [0.1, 0.15) is 15.9 Å². The third-order valence-corrected chi connectivity index (χ3v) is 3.68. The molecule has 26 heavy (non-hydrogen) atoms. The van der Waals surface area contributed by atoms with Crippen LogP contribution in [0.3, 0.4) is 0 Å². The van der Waals surface area contributed by atoms with Crippen LogP contribution in [0, 0.1) is 11.3 Å². The van der Waals surface area contributed by atoms with Gasteiger partial charge in [-0.15, -0.1) is 0 Å². The molecule has 1 aromatic carbocycles. The molecule has 0 saturated heterocycles. The maximum Gasteiger partial charge on any atom is 0.252 e. The van der Waals surface area contributed by atoms with Crippen LogP contribution in [-0.2, 0) is 0 Å². The van der Waals surface area contributed by atoms with Gasteiger partial charge in [-0.3, -0.25) is 4.79 Å². The molecule has 0 aliphatic heterocycles. The molecule has 3 rings (SSSR count). The van der Waals surface area contributed by atoms with E-state index in [2.05, 4.69) is 15.4 Å². The van der Waals surface area contributed by atoms with E-state index >= 15 is 0 Å². The molecule has 0 atom stereocenters. The predicted molar refractivity (Wildman–Crippen MR) is 91.5 cm³/mol. The zero-order valence-electron chi connectivity index (χ0n) is 13.6. The lowest BCUT2D eigenvalue weighted by Gasteiger charge is -2.06. The summed E-state index contributed by atoms with van der Waals surface area (Å²) >= 11 is 0. The molecule has 130 valence electrons. The number of hydrogen-bond donors (Lipinski definition) is 2. The Morgan fingerprint density at radius 2 is 2.00 bits per heavy atom. The molecule has 8 heteroatoms. The number of nitriles is 1. The molecule has 0 aliphatic carbocycles. The lowest BCUT2D eigenvalue weighted by Crippen LogP contribution is -2.25. The van der Waals surface area contributed by atoms with Gasteiger partial charge in [-0.1, -0.05) is 12.1 Å². The molecule has 2 N–H and O–H groups in total. The van der Waals surface area contributed by atoms with Gasteiger partial charge in [-0.05, 0) is 29.8 Å². The summed E-state index contributed by atoms with van der Waals surface area (Å²) < 4.78 is 13.3. The summed E-state index contributed by atoms with van der Waals surface area (Å²) in [7, 11) is 0. The normalized spacial score (nSPS) is 10.3. The summed E-state index contributed by atoms with van der Waals surface area (Å²) in [6.07, 6.45) is 2.81. The lowest BCUT2D eigenvalue weighted by molar-refractivity contribution is 0.0950. The van der Waals surface area contributed by atoms with Crippen molar-refractivity contribution < 1.29 is 14.3 Å². The van der Waals surface area contributed by atoms with Gasteiger partial charge in [-0.25, -0.2) is 9.37 Å². The molecule has 1 amide bonds. The number of rotatable bonds is 5. The van der Waals surface area contributed by atoms with Gasteiger partial charge in [0.2, 0.25) is 5.88 Å². The van der Waals surface area contributed by atoms with E-state index < -0.39 is 12.6 Å². The fourth-order valence-electron chi connectivity index (χ4n) is 2.35. The van der Waals surface area contributed by atoms with Gasteiger partial charge in [0.15, 0.2) is 5.82 Å². The third-order valence-electron chi connectivity index (χ3n) is 3.68. The number of halogens is 1. The molecule has 0 spiro atoms. The second kappa shape index (κ2) is 7.44. The van der Waals surface area contributed by atoms with E-state index in [4.69, 9.17) is 5.26 Å². The summed E-state index contributed by atoms with van der Waals surface area (Å²) in [6.45, 7) is -0.703. The summed E-state index contributed by atoms with van der Waals surface area (Å²) in [5.41, 5.74) is 1.99. The minimum Gasteiger partial charge on any atom is -0.493 e. The molecule has 0 aliphatic rings. The Labute approximate surface area is 148 Å². The summed E-state index contributed by atoms with van der Waals surface area (Å²) in [5.74, 6) is -0.217. The molecular formula is C18H14FN5O2. The topological polar surface area (TPSA) is 104 Å². The van der Waals surface area contributed by atoms with Crippen molar-refractivity contribution in [3.63, 3.8) is 0 Å². The smallest absolute Gasteiger partial charge is 0.252 e. The van der Waals surface area contributed by atoms with Gasteiger partial charge in [0.25, 0.3) is 5.91 Å². The number of benzene rings is 1. The Bertz CT molecular complexity index is 959. The van der Waals surface area contributed by atoms with E-state index in [0.717, 1.165) is 0 Å². The Morgan fingerprint density at radius 1 is 1.23 bits per heavy atom. The number of carbonyl (C=O) groups excluding carboxylic acids is 1. The van der Waals surface area contributed by atoms with Crippen molar-refractivity contribution in [3.8, 4) is 28.9 Å². The van der Waals surface area contributed by atoms with E-state index in [1.54, 1.807) is 24.3 Å². The highest BCUT2D eigenvalue weighted by Crippen LogP contribution is 2.30. The van der Waals surface area contributed by atoms with Crippen LogP contribution in [0.2, 0.25) is 0 Å². The summed E-state index contributed by atoms with van der Waals surface area (Å²) in [5, 5.41) is 25.8. The molecular weight excluding hydrogens is 337 g/mol. The molecule has 2 aromatic heterocycles. The highest BCUT2D eigenvalue weighted by Gasteiger charge is 2.14. The van der Waals surface area contributed by atoms with Crippen molar-refractivity contribution in [1.82, 2.24) is 20.1 Å². The van der Waals surface area contributed by atoms with Crippen molar-refractivity contribution in [2.45, 2.75) is 0 Å². The van der Waals surface area contributed by atoms with Gasteiger partial charge < -0.3 is 10.4 Å². The van der Waals surface area contributed by atoms with Crippen LogP contribution in [0.4, 0.5) is 4.39 Å². The van der Waals surface area contributed by atoms with Gasteiger partial charge in [0.05, 0.1) is 29.0 Å². The van der Waals surface area contributed by atoms with Gasteiger partial charge in [0.1, 0.15) is 6.67 Å². The first-order valence-corrected chi connectivity index (χ1v) is 7.72. The maximum absolute atomic E-state index is 12.1. The van der Waals surface area contributed by atoms with E-state index in [9.17, 15) is 14.3 Å². The maximum atomic E-state index is 12.1. The molecule has 0 fully saturated rings. The number of hydrogen-bond acceptors (Lipinski definition) is 5. The molecule has 0 unspecified atom stereocenters. The average molecular weight is 351 g/mol. The van der Waals surface area contributed by atoms with Gasteiger partial charge >= 0.3 is 0 Å². The Hall–Kier alpha value is -3.73. The zero-order chi connectivity index (χ0) is 18.5. The molecule has 0 radical (unpaired) electrons. The monoisotopic (exact) mass is 351 g/mol. The highest BCUT2D eigenvalue weighted by molar-refractivity contribution is 5.93. The van der Waals surface area contributed by atoms with E-state index in [0.29, 0.717) is 22.5 Å².